The monoisotopic (exact) mass is 351 g/mol. The summed E-state index contributed by atoms with van der Waals surface area (Å²) in [5, 5.41) is 24.8. The molecular weight excluding hydrogens is 342 g/mol. The SMILES string of the molecule is O=[N+]([O-])c1ccccc1CNc1cc(Br)ccc1[N+](=O)[O-]. The summed E-state index contributed by atoms with van der Waals surface area (Å²) in [6.07, 6.45) is 0. The number of anilines is 1. The molecule has 21 heavy (non-hydrogen) atoms. The average molecular weight is 352 g/mol. The van der Waals surface area contributed by atoms with Gasteiger partial charge in [0.15, 0.2) is 0 Å². The lowest BCUT2D eigenvalue weighted by Crippen LogP contribution is -2.05. The van der Waals surface area contributed by atoms with Gasteiger partial charge in [-0.15, -0.1) is 0 Å². The molecule has 2 aromatic rings. The van der Waals surface area contributed by atoms with Crippen molar-refractivity contribution in [1.82, 2.24) is 0 Å². The Morgan fingerprint density at radius 3 is 2.33 bits per heavy atom. The second-order valence-corrected chi connectivity index (χ2v) is 5.07. The standard InChI is InChI=1S/C13H10BrN3O4/c14-10-5-6-13(17(20)21)11(7-10)15-8-9-3-1-2-4-12(9)16(18)19/h1-7,15H,8H2. The van der Waals surface area contributed by atoms with E-state index in [-0.39, 0.29) is 17.9 Å². The van der Waals surface area contributed by atoms with Gasteiger partial charge in [0.1, 0.15) is 5.69 Å². The smallest absolute Gasteiger partial charge is 0.292 e. The maximum absolute atomic E-state index is 11.0. The first kappa shape index (κ1) is 14.9. The third-order valence-corrected chi connectivity index (χ3v) is 3.31. The van der Waals surface area contributed by atoms with Gasteiger partial charge in [-0.2, -0.15) is 0 Å². The number of benzene rings is 2. The quantitative estimate of drug-likeness (QED) is 0.650. The van der Waals surface area contributed by atoms with E-state index in [0.717, 1.165) is 0 Å². The van der Waals surface area contributed by atoms with Gasteiger partial charge in [-0.05, 0) is 12.1 Å². The summed E-state index contributed by atoms with van der Waals surface area (Å²) in [6.45, 7) is 0.119. The zero-order chi connectivity index (χ0) is 15.4. The molecule has 0 unspecified atom stereocenters. The first-order valence-electron chi connectivity index (χ1n) is 5.89. The van der Waals surface area contributed by atoms with Gasteiger partial charge in [-0.1, -0.05) is 34.1 Å². The number of nitro benzene ring substituents is 2. The van der Waals surface area contributed by atoms with Crippen molar-refractivity contribution in [3.05, 3.63) is 72.7 Å². The minimum Gasteiger partial charge on any atom is -0.375 e. The highest BCUT2D eigenvalue weighted by Gasteiger charge is 2.16. The number of nitrogens with one attached hydrogen (secondary N) is 1. The van der Waals surface area contributed by atoms with Gasteiger partial charge in [0.25, 0.3) is 11.4 Å². The Labute approximate surface area is 128 Å². The van der Waals surface area contributed by atoms with Crippen molar-refractivity contribution >= 4 is 33.0 Å². The zero-order valence-corrected chi connectivity index (χ0v) is 12.2. The maximum Gasteiger partial charge on any atom is 0.292 e. The second kappa shape index (κ2) is 6.31. The molecule has 0 bridgehead atoms. The Balaban J connectivity index is 2.27. The molecular formula is C13H10BrN3O4. The van der Waals surface area contributed by atoms with E-state index in [1.165, 1.54) is 12.1 Å². The zero-order valence-electron chi connectivity index (χ0n) is 10.7. The molecule has 108 valence electrons. The van der Waals surface area contributed by atoms with Gasteiger partial charge in [0.2, 0.25) is 0 Å². The van der Waals surface area contributed by atoms with Gasteiger partial charge < -0.3 is 5.32 Å². The van der Waals surface area contributed by atoms with E-state index in [1.807, 2.05) is 0 Å². The molecule has 0 amide bonds. The van der Waals surface area contributed by atoms with Crippen LogP contribution in [0.2, 0.25) is 0 Å². The molecule has 7 nitrogen and oxygen atoms in total. The van der Waals surface area contributed by atoms with Gasteiger partial charge in [-0.3, -0.25) is 20.2 Å². The molecule has 0 heterocycles. The van der Waals surface area contributed by atoms with Gasteiger partial charge in [-0.25, -0.2) is 0 Å². The van der Waals surface area contributed by atoms with E-state index < -0.39 is 9.85 Å². The molecule has 0 fully saturated rings. The van der Waals surface area contributed by atoms with Gasteiger partial charge in [0.05, 0.1) is 9.85 Å². The fourth-order valence-electron chi connectivity index (χ4n) is 1.84. The highest BCUT2D eigenvalue weighted by molar-refractivity contribution is 9.10. The topological polar surface area (TPSA) is 98.3 Å². The largest absolute Gasteiger partial charge is 0.375 e. The molecule has 0 radical (unpaired) electrons. The molecule has 2 rings (SSSR count). The molecule has 1 N–H and O–H groups in total. The van der Waals surface area contributed by atoms with Crippen LogP contribution >= 0.6 is 15.9 Å². The van der Waals surface area contributed by atoms with Crippen LogP contribution in [0.3, 0.4) is 0 Å². The first-order chi connectivity index (χ1) is 9.99. The second-order valence-electron chi connectivity index (χ2n) is 4.16. The molecule has 0 spiro atoms. The van der Waals surface area contributed by atoms with E-state index >= 15 is 0 Å². The molecule has 0 saturated heterocycles. The molecule has 8 heteroatoms. The summed E-state index contributed by atoms with van der Waals surface area (Å²) in [6, 6.07) is 10.7. The highest BCUT2D eigenvalue weighted by Crippen LogP contribution is 2.29. The number of nitro groups is 2. The highest BCUT2D eigenvalue weighted by atomic mass is 79.9. The van der Waals surface area contributed by atoms with Gasteiger partial charge in [0, 0.05) is 28.7 Å². The van der Waals surface area contributed by atoms with E-state index in [9.17, 15) is 20.2 Å². The number of halogens is 1. The van der Waals surface area contributed by atoms with Crippen molar-refractivity contribution in [2.45, 2.75) is 6.54 Å². The summed E-state index contributed by atoms with van der Waals surface area (Å²) in [4.78, 5) is 20.9. The molecule has 0 aromatic heterocycles. The molecule has 0 atom stereocenters. The van der Waals surface area contributed by atoms with Crippen molar-refractivity contribution in [3.63, 3.8) is 0 Å². The fraction of sp³-hybridized carbons (Fsp3) is 0.0769. The third-order valence-electron chi connectivity index (χ3n) is 2.81. The first-order valence-corrected chi connectivity index (χ1v) is 6.68. The normalized spacial score (nSPS) is 10.1. The van der Waals surface area contributed by atoms with Crippen LogP contribution in [-0.4, -0.2) is 9.85 Å². The van der Waals surface area contributed by atoms with Crippen LogP contribution in [0.15, 0.2) is 46.9 Å². The van der Waals surface area contributed by atoms with E-state index in [1.54, 1.807) is 30.3 Å². The molecule has 0 aliphatic heterocycles. The number of hydrogen-bond donors (Lipinski definition) is 1. The minimum atomic E-state index is -0.506. The Morgan fingerprint density at radius 2 is 1.67 bits per heavy atom. The van der Waals surface area contributed by atoms with Crippen molar-refractivity contribution in [2.75, 3.05) is 5.32 Å². The molecule has 2 aromatic carbocycles. The van der Waals surface area contributed by atoms with Crippen LogP contribution in [0.4, 0.5) is 17.1 Å². The number of rotatable bonds is 5. The number of hydrogen-bond acceptors (Lipinski definition) is 5. The summed E-state index contributed by atoms with van der Waals surface area (Å²) < 4.78 is 0.679. The summed E-state index contributed by atoms with van der Waals surface area (Å²) >= 11 is 3.24. The predicted molar refractivity (Wildman–Crippen MR) is 81.2 cm³/mol. The number of nitrogens with zero attached hydrogens (tertiary/aromatic N) is 2. The summed E-state index contributed by atoms with van der Waals surface area (Å²) in [5.74, 6) is 0. The summed E-state index contributed by atoms with van der Waals surface area (Å²) in [5.41, 5.74) is 0.642. The summed E-state index contributed by atoms with van der Waals surface area (Å²) in [7, 11) is 0. The lowest BCUT2D eigenvalue weighted by molar-refractivity contribution is -0.385. The maximum atomic E-state index is 11.0. The van der Waals surface area contributed by atoms with E-state index in [4.69, 9.17) is 0 Å². The molecule has 0 aliphatic carbocycles. The Bertz CT molecular complexity index is 706. The van der Waals surface area contributed by atoms with Gasteiger partial charge >= 0.3 is 0 Å². The van der Waals surface area contributed by atoms with Crippen LogP contribution in [0.25, 0.3) is 0 Å². The van der Waals surface area contributed by atoms with Crippen LogP contribution in [-0.2, 0) is 6.54 Å². The Hall–Kier alpha value is -2.48. The van der Waals surface area contributed by atoms with E-state index in [2.05, 4.69) is 21.2 Å². The average Bonchev–Trinajstić information content (AvgIpc) is 2.45. The molecule has 0 aliphatic rings. The molecule has 0 saturated carbocycles. The van der Waals surface area contributed by atoms with Crippen LogP contribution in [0.5, 0.6) is 0 Å². The fourth-order valence-corrected chi connectivity index (χ4v) is 2.20. The van der Waals surface area contributed by atoms with Crippen LogP contribution in [0, 0.1) is 20.2 Å². The van der Waals surface area contributed by atoms with Crippen molar-refractivity contribution < 1.29 is 9.85 Å². The number of para-hydroxylation sites is 1. The van der Waals surface area contributed by atoms with Crippen LogP contribution < -0.4 is 5.32 Å². The van der Waals surface area contributed by atoms with Crippen molar-refractivity contribution in [1.29, 1.82) is 0 Å². The predicted octanol–water partition coefficient (Wildman–Crippen LogP) is 3.88. The van der Waals surface area contributed by atoms with Crippen molar-refractivity contribution in [3.8, 4) is 0 Å². The lowest BCUT2D eigenvalue weighted by Gasteiger charge is -2.08. The van der Waals surface area contributed by atoms with Crippen molar-refractivity contribution in [2.24, 2.45) is 0 Å². The van der Waals surface area contributed by atoms with E-state index in [0.29, 0.717) is 15.7 Å². The minimum absolute atomic E-state index is 0.0253. The Kier molecular flexibility index (Phi) is 4.49. The third kappa shape index (κ3) is 3.54. The Morgan fingerprint density at radius 1 is 1.00 bits per heavy atom. The van der Waals surface area contributed by atoms with Crippen LogP contribution in [0.1, 0.15) is 5.56 Å². The lowest BCUT2D eigenvalue weighted by atomic mass is 10.1.